The summed E-state index contributed by atoms with van der Waals surface area (Å²) < 4.78 is 0. The van der Waals surface area contributed by atoms with Crippen molar-refractivity contribution in [2.75, 3.05) is 0 Å². The zero-order valence-electron chi connectivity index (χ0n) is 9.58. The van der Waals surface area contributed by atoms with E-state index in [-0.39, 0.29) is 5.75 Å². The summed E-state index contributed by atoms with van der Waals surface area (Å²) in [6.45, 7) is 0. The van der Waals surface area contributed by atoms with E-state index in [4.69, 9.17) is 5.26 Å². The van der Waals surface area contributed by atoms with Gasteiger partial charge in [0.15, 0.2) is 0 Å². The summed E-state index contributed by atoms with van der Waals surface area (Å²) in [5, 5.41) is 18.8. The summed E-state index contributed by atoms with van der Waals surface area (Å²) in [5.74, 6) is 0.191. The molecule has 2 rings (SSSR count). The van der Waals surface area contributed by atoms with Crippen LogP contribution in [0.5, 0.6) is 5.75 Å². The van der Waals surface area contributed by atoms with Gasteiger partial charge in [0.25, 0.3) is 0 Å². The van der Waals surface area contributed by atoms with Crippen molar-refractivity contribution in [3.63, 3.8) is 0 Å². The summed E-state index contributed by atoms with van der Waals surface area (Å²) in [6.07, 6.45) is 1.80. The third-order valence-corrected chi connectivity index (χ3v) is 3.29. The zero-order chi connectivity index (χ0) is 12.8. The summed E-state index contributed by atoms with van der Waals surface area (Å²) in [4.78, 5) is 1.23. The maximum atomic E-state index is 9.66. The number of allylic oxidation sites excluding steroid dienone is 1. The first kappa shape index (κ1) is 12.3. The Kier molecular flexibility index (Phi) is 4.06. The molecule has 2 aromatic carbocycles. The highest BCUT2D eigenvalue weighted by Crippen LogP contribution is 2.33. The van der Waals surface area contributed by atoms with Gasteiger partial charge in [0.05, 0.1) is 9.80 Å². The Morgan fingerprint density at radius 2 is 1.72 bits per heavy atom. The van der Waals surface area contributed by atoms with Gasteiger partial charge in [-0.05, 0) is 23.8 Å². The van der Waals surface area contributed by atoms with Gasteiger partial charge in [0.2, 0.25) is 0 Å². The number of benzene rings is 2. The number of phenolic OH excluding ortho intramolecular Hbond substituents is 1. The predicted molar refractivity (Wildman–Crippen MR) is 74.0 cm³/mol. The molecule has 0 aliphatic carbocycles. The number of phenols is 1. The van der Waals surface area contributed by atoms with Crippen molar-refractivity contribution in [1.29, 1.82) is 5.26 Å². The number of nitrogens with zero attached hydrogens (tertiary/aromatic N) is 1. The van der Waals surface area contributed by atoms with Crippen LogP contribution in [0.3, 0.4) is 0 Å². The Hall–Kier alpha value is -2.18. The van der Waals surface area contributed by atoms with Crippen LogP contribution in [0.25, 0.3) is 6.08 Å². The lowest BCUT2D eigenvalue weighted by Crippen LogP contribution is -1.77. The van der Waals surface area contributed by atoms with Gasteiger partial charge in [0, 0.05) is 0 Å². The van der Waals surface area contributed by atoms with Gasteiger partial charge in [-0.1, -0.05) is 54.2 Å². The number of hydrogen-bond donors (Lipinski definition) is 1. The third-order valence-electron chi connectivity index (χ3n) is 2.29. The second-order valence-electron chi connectivity index (χ2n) is 3.60. The van der Waals surface area contributed by atoms with Crippen LogP contribution in [-0.4, -0.2) is 5.11 Å². The fourth-order valence-corrected chi connectivity index (χ4v) is 2.24. The average molecular weight is 253 g/mol. The Balaban J connectivity index is 2.24. The van der Waals surface area contributed by atoms with Gasteiger partial charge in [-0.15, -0.1) is 0 Å². The maximum absolute atomic E-state index is 9.66. The minimum Gasteiger partial charge on any atom is -0.507 e. The van der Waals surface area contributed by atoms with Crippen LogP contribution in [0.4, 0.5) is 0 Å². The molecule has 0 fully saturated rings. The highest BCUT2D eigenvalue weighted by Gasteiger charge is 2.04. The number of rotatable bonds is 3. The molecule has 0 bridgehead atoms. The Morgan fingerprint density at radius 1 is 1.06 bits per heavy atom. The van der Waals surface area contributed by atoms with Crippen molar-refractivity contribution in [3.8, 4) is 11.8 Å². The van der Waals surface area contributed by atoms with Crippen molar-refractivity contribution >= 4 is 17.8 Å². The van der Waals surface area contributed by atoms with Crippen molar-refractivity contribution in [3.05, 3.63) is 65.1 Å². The van der Waals surface area contributed by atoms with Crippen molar-refractivity contribution < 1.29 is 5.11 Å². The second-order valence-corrected chi connectivity index (χ2v) is 4.68. The van der Waals surface area contributed by atoms with Gasteiger partial charge < -0.3 is 5.11 Å². The molecule has 0 aliphatic heterocycles. The van der Waals surface area contributed by atoms with Crippen molar-refractivity contribution in [2.45, 2.75) is 4.90 Å². The number of aromatic hydroxyl groups is 1. The van der Waals surface area contributed by atoms with Crippen LogP contribution >= 0.6 is 11.8 Å². The smallest absolute Gasteiger partial charge is 0.129 e. The van der Waals surface area contributed by atoms with Crippen LogP contribution in [-0.2, 0) is 0 Å². The van der Waals surface area contributed by atoms with Crippen LogP contribution in [0, 0.1) is 11.3 Å². The van der Waals surface area contributed by atoms with E-state index in [2.05, 4.69) is 6.07 Å². The highest BCUT2D eigenvalue weighted by molar-refractivity contribution is 8.03. The first-order chi connectivity index (χ1) is 8.79. The van der Waals surface area contributed by atoms with Gasteiger partial charge in [0.1, 0.15) is 11.8 Å². The molecule has 0 amide bonds. The lowest BCUT2D eigenvalue weighted by Gasteiger charge is -2.02. The fraction of sp³-hybridized carbons (Fsp3) is 0. The molecule has 3 heteroatoms. The molecule has 0 heterocycles. The minimum absolute atomic E-state index is 0.191. The molecule has 2 nitrogen and oxygen atoms in total. The van der Waals surface area contributed by atoms with Crippen LogP contribution in [0.1, 0.15) is 5.56 Å². The van der Waals surface area contributed by atoms with Crippen molar-refractivity contribution in [2.24, 2.45) is 0 Å². The van der Waals surface area contributed by atoms with E-state index in [0.717, 1.165) is 5.56 Å². The lowest BCUT2D eigenvalue weighted by atomic mass is 10.2. The van der Waals surface area contributed by atoms with Gasteiger partial charge >= 0.3 is 0 Å². The van der Waals surface area contributed by atoms with E-state index in [9.17, 15) is 5.11 Å². The zero-order valence-corrected chi connectivity index (χ0v) is 10.4. The molecule has 0 aromatic heterocycles. The van der Waals surface area contributed by atoms with E-state index in [0.29, 0.717) is 9.80 Å². The molecule has 0 atom stereocenters. The van der Waals surface area contributed by atoms with Crippen LogP contribution < -0.4 is 0 Å². The van der Waals surface area contributed by atoms with Crippen LogP contribution in [0.15, 0.2) is 64.4 Å². The quantitative estimate of drug-likeness (QED) is 0.663. The van der Waals surface area contributed by atoms with Crippen molar-refractivity contribution in [1.82, 2.24) is 0 Å². The standard InChI is InChI=1S/C15H11NOS/c16-11-13(10-12-6-2-1-3-7-12)18-15-9-5-4-8-14(15)17/h1-10,17H. The molecule has 0 saturated heterocycles. The number of para-hydroxylation sites is 1. The molecule has 0 unspecified atom stereocenters. The molecular weight excluding hydrogens is 242 g/mol. The monoisotopic (exact) mass is 253 g/mol. The Labute approximate surface area is 110 Å². The summed E-state index contributed by atoms with van der Waals surface area (Å²) in [5.41, 5.74) is 0.969. The first-order valence-electron chi connectivity index (χ1n) is 5.42. The normalized spacial score (nSPS) is 10.9. The fourth-order valence-electron chi connectivity index (χ4n) is 1.45. The minimum atomic E-state index is 0.191. The van der Waals surface area contributed by atoms with E-state index in [1.807, 2.05) is 36.4 Å². The first-order valence-corrected chi connectivity index (χ1v) is 6.24. The summed E-state index contributed by atoms with van der Waals surface area (Å²) in [6, 6.07) is 18.8. The number of hydrogen-bond acceptors (Lipinski definition) is 3. The molecule has 0 spiro atoms. The molecule has 18 heavy (non-hydrogen) atoms. The average Bonchev–Trinajstić information content (AvgIpc) is 2.41. The third kappa shape index (κ3) is 3.16. The summed E-state index contributed by atoms with van der Waals surface area (Å²) in [7, 11) is 0. The van der Waals surface area contributed by atoms with E-state index >= 15 is 0 Å². The molecule has 1 N–H and O–H groups in total. The van der Waals surface area contributed by atoms with E-state index in [1.54, 1.807) is 24.3 Å². The number of thioether (sulfide) groups is 1. The van der Waals surface area contributed by atoms with Gasteiger partial charge in [-0.25, -0.2) is 0 Å². The highest BCUT2D eigenvalue weighted by atomic mass is 32.2. The largest absolute Gasteiger partial charge is 0.507 e. The van der Waals surface area contributed by atoms with E-state index < -0.39 is 0 Å². The SMILES string of the molecule is N#CC(=Cc1ccccc1)Sc1ccccc1O. The lowest BCUT2D eigenvalue weighted by molar-refractivity contribution is 0.462. The second kappa shape index (κ2) is 5.95. The van der Waals surface area contributed by atoms with E-state index in [1.165, 1.54) is 11.8 Å². The molecule has 2 aromatic rings. The molecule has 88 valence electrons. The van der Waals surface area contributed by atoms with Gasteiger partial charge in [-0.2, -0.15) is 5.26 Å². The molecule has 0 saturated carbocycles. The topological polar surface area (TPSA) is 44.0 Å². The molecular formula is C15H11NOS. The Bertz CT molecular complexity index is 599. The van der Waals surface area contributed by atoms with Gasteiger partial charge in [-0.3, -0.25) is 0 Å². The predicted octanol–water partition coefficient (Wildman–Crippen LogP) is 4.05. The maximum Gasteiger partial charge on any atom is 0.129 e. The van der Waals surface area contributed by atoms with Crippen LogP contribution in [0.2, 0.25) is 0 Å². The number of nitriles is 1. The molecule has 0 radical (unpaired) electrons. The molecule has 0 aliphatic rings. The summed E-state index contributed by atoms with van der Waals surface area (Å²) >= 11 is 1.26. The Morgan fingerprint density at radius 3 is 2.39 bits per heavy atom.